The van der Waals surface area contributed by atoms with Crippen LogP contribution in [0, 0.1) is 5.82 Å². The van der Waals surface area contributed by atoms with Crippen molar-refractivity contribution >= 4 is 16.9 Å². The molecule has 9 heteroatoms. The van der Waals surface area contributed by atoms with E-state index in [0.29, 0.717) is 35.2 Å². The Morgan fingerprint density at radius 2 is 1.76 bits per heavy atom. The minimum atomic E-state index is -0.375. The van der Waals surface area contributed by atoms with Crippen molar-refractivity contribution in [3.63, 3.8) is 0 Å². The number of benzene rings is 2. The second-order valence-electron chi connectivity index (χ2n) is 7.77. The summed E-state index contributed by atoms with van der Waals surface area (Å²) in [5, 5.41) is 7.44. The van der Waals surface area contributed by atoms with Gasteiger partial charge in [-0.05, 0) is 42.5 Å². The number of nitrogens with one attached hydrogen (secondary N) is 1. The number of halogens is 1. The summed E-state index contributed by atoms with van der Waals surface area (Å²) in [6.07, 6.45) is 6.71. The van der Waals surface area contributed by atoms with Gasteiger partial charge in [0.2, 0.25) is 0 Å². The number of carbonyl (C=O) groups is 1. The van der Waals surface area contributed by atoms with Crippen molar-refractivity contribution in [1.29, 1.82) is 0 Å². The van der Waals surface area contributed by atoms with Gasteiger partial charge in [-0.25, -0.2) is 14.1 Å². The molecule has 3 aromatic heterocycles. The van der Waals surface area contributed by atoms with Gasteiger partial charge in [-0.3, -0.25) is 14.2 Å². The summed E-state index contributed by atoms with van der Waals surface area (Å²) >= 11 is 0. The lowest BCUT2D eigenvalue weighted by molar-refractivity contribution is 0.0952. The van der Waals surface area contributed by atoms with Gasteiger partial charge in [0.25, 0.3) is 11.5 Å². The van der Waals surface area contributed by atoms with E-state index in [1.807, 2.05) is 41.2 Å². The molecule has 0 saturated heterocycles. The molecule has 0 spiro atoms. The number of carbonyl (C=O) groups excluding carboxylic acids is 1. The topological polar surface area (TPSA) is 86.7 Å². The van der Waals surface area contributed by atoms with Gasteiger partial charge in [-0.2, -0.15) is 5.10 Å². The van der Waals surface area contributed by atoms with Gasteiger partial charge in [-0.1, -0.05) is 18.2 Å². The molecule has 0 bridgehead atoms. The molecule has 5 aromatic rings. The first-order chi connectivity index (χ1) is 16.6. The fourth-order valence-corrected chi connectivity index (χ4v) is 3.75. The van der Waals surface area contributed by atoms with Gasteiger partial charge in [0, 0.05) is 35.8 Å². The van der Waals surface area contributed by atoms with Crippen LogP contribution in [-0.4, -0.2) is 36.4 Å². The van der Waals surface area contributed by atoms with Crippen molar-refractivity contribution in [1.82, 2.24) is 29.2 Å². The van der Waals surface area contributed by atoms with Gasteiger partial charge in [0.05, 0.1) is 19.3 Å². The molecular formula is C25H21FN6O2. The van der Waals surface area contributed by atoms with Crippen molar-refractivity contribution in [2.75, 3.05) is 6.54 Å². The Kier molecular flexibility index (Phi) is 5.73. The van der Waals surface area contributed by atoms with E-state index in [1.54, 1.807) is 35.0 Å². The largest absolute Gasteiger partial charge is 0.350 e. The predicted molar refractivity (Wildman–Crippen MR) is 125 cm³/mol. The van der Waals surface area contributed by atoms with E-state index >= 15 is 0 Å². The SMILES string of the molecule is O=C(NCCn1ncc2c(=O)n(Cc3ccccc3F)cnc21)c1ccc(-n2cccc2)cc1. The molecule has 170 valence electrons. The number of nitrogens with zero attached hydrogens (tertiary/aromatic N) is 5. The highest BCUT2D eigenvalue weighted by molar-refractivity contribution is 5.94. The highest BCUT2D eigenvalue weighted by Gasteiger charge is 2.12. The summed E-state index contributed by atoms with van der Waals surface area (Å²) in [4.78, 5) is 29.6. The lowest BCUT2D eigenvalue weighted by Gasteiger charge is -2.09. The highest BCUT2D eigenvalue weighted by Crippen LogP contribution is 2.11. The quantitative estimate of drug-likeness (QED) is 0.408. The van der Waals surface area contributed by atoms with Crippen LogP contribution < -0.4 is 10.9 Å². The molecular weight excluding hydrogens is 435 g/mol. The van der Waals surface area contributed by atoms with E-state index in [-0.39, 0.29) is 23.8 Å². The molecule has 0 aliphatic heterocycles. The maximum absolute atomic E-state index is 13.9. The highest BCUT2D eigenvalue weighted by atomic mass is 19.1. The standard InChI is InChI=1S/C25H21FN6O2/c26-22-6-2-1-5-19(22)16-31-17-28-23-21(25(31)34)15-29-32(23)14-11-27-24(33)18-7-9-20(10-8-18)30-12-3-4-13-30/h1-10,12-13,15,17H,11,14,16H2,(H,27,33). The molecule has 2 aromatic carbocycles. The van der Waals surface area contributed by atoms with Crippen LogP contribution in [0.1, 0.15) is 15.9 Å². The molecule has 0 fully saturated rings. The molecule has 3 heterocycles. The molecule has 0 atom stereocenters. The lowest BCUT2D eigenvalue weighted by atomic mass is 10.2. The van der Waals surface area contributed by atoms with Crippen molar-refractivity contribution in [2.45, 2.75) is 13.1 Å². The lowest BCUT2D eigenvalue weighted by Crippen LogP contribution is -2.27. The summed E-state index contributed by atoms with van der Waals surface area (Å²) in [5.41, 5.74) is 2.04. The van der Waals surface area contributed by atoms with Gasteiger partial charge in [-0.15, -0.1) is 0 Å². The first-order valence-electron chi connectivity index (χ1n) is 10.8. The maximum Gasteiger partial charge on any atom is 0.264 e. The Morgan fingerprint density at radius 1 is 1.00 bits per heavy atom. The van der Waals surface area contributed by atoms with E-state index in [0.717, 1.165) is 5.69 Å². The van der Waals surface area contributed by atoms with Crippen molar-refractivity contribution in [2.24, 2.45) is 0 Å². The Morgan fingerprint density at radius 3 is 2.53 bits per heavy atom. The number of hydrogen-bond donors (Lipinski definition) is 1. The predicted octanol–water partition coefficient (Wildman–Crippen LogP) is 3.00. The van der Waals surface area contributed by atoms with Gasteiger partial charge < -0.3 is 9.88 Å². The fraction of sp³-hybridized carbons (Fsp3) is 0.120. The summed E-state index contributed by atoms with van der Waals surface area (Å²) in [7, 11) is 0. The van der Waals surface area contributed by atoms with Crippen molar-refractivity contribution in [3.05, 3.63) is 113 Å². The third-order valence-electron chi connectivity index (χ3n) is 5.56. The fourth-order valence-electron chi connectivity index (χ4n) is 3.75. The Hall–Kier alpha value is -4.53. The second kappa shape index (κ2) is 9.14. The van der Waals surface area contributed by atoms with E-state index in [4.69, 9.17) is 0 Å². The summed E-state index contributed by atoms with van der Waals surface area (Å²) in [5.74, 6) is -0.573. The van der Waals surface area contributed by atoms with Crippen LogP contribution in [0.25, 0.3) is 16.7 Å². The molecule has 0 aliphatic rings. The summed E-state index contributed by atoms with van der Waals surface area (Å²) < 4.78 is 18.8. The number of amides is 1. The van der Waals surface area contributed by atoms with Crippen LogP contribution in [0.3, 0.4) is 0 Å². The molecule has 1 N–H and O–H groups in total. The Bertz CT molecular complexity index is 1500. The van der Waals surface area contributed by atoms with Crippen LogP contribution in [0.5, 0.6) is 0 Å². The zero-order valence-corrected chi connectivity index (χ0v) is 18.1. The number of hydrogen-bond acceptors (Lipinski definition) is 4. The molecule has 0 radical (unpaired) electrons. The zero-order chi connectivity index (χ0) is 23.5. The van der Waals surface area contributed by atoms with Gasteiger partial charge in [0.15, 0.2) is 5.65 Å². The second-order valence-corrected chi connectivity index (χ2v) is 7.77. The number of aromatic nitrogens is 5. The first kappa shape index (κ1) is 21.3. The smallest absolute Gasteiger partial charge is 0.264 e. The van der Waals surface area contributed by atoms with Crippen LogP contribution >= 0.6 is 0 Å². The normalized spacial score (nSPS) is 11.1. The number of fused-ring (bicyclic) bond motifs is 1. The number of rotatable bonds is 7. The van der Waals surface area contributed by atoms with Crippen molar-refractivity contribution < 1.29 is 9.18 Å². The summed E-state index contributed by atoms with van der Waals surface area (Å²) in [6, 6.07) is 17.5. The maximum atomic E-state index is 13.9. The van der Waals surface area contributed by atoms with Crippen LogP contribution in [0.2, 0.25) is 0 Å². The van der Waals surface area contributed by atoms with Gasteiger partial charge in [0.1, 0.15) is 17.5 Å². The Labute approximate surface area is 193 Å². The van der Waals surface area contributed by atoms with Crippen molar-refractivity contribution in [3.8, 4) is 5.69 Å². The first-order valence-corrected chi connectivity index (χ1v) is 10.8. The minimum absolute atomic E-state index is 0.0822. The van der Waals surface area contributed by atoms with Crippen LogP contribution in [0.15, 0.2) is 90.4 Å². The van der Waals surface area contributed by atoms with Crippen LogP contribution in [-0.2, 0) is 13.1 Å². The molecule has 5 rings (SSSR count). The average molecular weight is 456 g/mol. The monoisotopic (exact) mass is 456 g/mol. The van der Waals surface area contributed by atoms with E-state index in [2.05, 4.69) is 15.4 Å². The van der Waals surface area contributed by atoms with Gasteiger partial charge >= 0.3 is 0 Å². The third kappa shape index (κ3) is 4.23. The molecule has 0 aliphatic carbocycles. The zero-order valence-electron chi connectivity index (χ0n) is 18.1. The molecule has 1 amide bonds. The molecule has 0 unspecified atom stereocenters. The van der Waals surface area contributed by atoms with E-state index in [9.17, 15) is 14.0 Å². The molecule has 8 nitrogen and oxygen atoms in total. The minimum Gasteiger partial charge on any atom is -0.350 e. The molecule has 0 saturated carbocycles. The summed E-state index contributed by atoms with van der Waals surface area (Å²) in [6.45, 7) is 0.744. The van der Waals surface area contributed by atoms with Crippen LogP contribution in [0.4, 0.5) is 4.39 Å². The van der Waals surface area contributed by atoms with E-state index < -0.39 is 0 Å². The average Bonchev–Trinajstić information content (AvgIpc) is 3.53. The molecule has 34 heavy (non-hydrogen) atoms. The Balaban J connectivity index is 1.24. The van der Waals surface area contributed by atoms with E-state index in [1.165, 1.54) is 23.2 Å². The third-order valence-corrected chi connectivity index (χ3v) is 5.56.